The second kappa shape index (κ2) is 7.16. The average molecular weight is 280 g/mol. The molecule has 0 bridgehead atoms. The minimum absolute atomic E-state index is 0.0535. The Morgan fingerprint density at radius 1 is 1.40 bits per heavy atom. The molecule has 1 aromatic carbocycles. The highest BCUT2D eigenvalue weighted by molar-refractivity contribution is 5.26. The average Bonchev–Trinajstić information content (AvgIpc) is 2.48. The molecule has 2 rings (SSSR count). The van der Waals surface area contributed by atoms with Crippen LogP contribution in [0.3, 0.4) is 0 Å². The van der Waals surface area contributed by atoms with Crippen molar-refractivity contribution in [1.82, 2.24) is 5.32 Å². The molecule has 3 nitrogen and oxygen atoms in total. The van der Waals surface area contributed by atoms with Gasteiger partial charge in [0.2, 0.25) is 0 Å². The normalized spacial score (nSPS) is 24.6. The molecule has 20 heavy (non-hydrogen) atoms. The van der Waals surface area contributed by atoms with Gasteiger partial charge in [-0.15, -0.1) is 0 Å². The lowest BCUT2D eigenvalue weighted by atomic mass is 9.84. The first-order valence-electron chi connectivity index (χ1n) is 7.48. The maximum Gasteiger partial charge on any atom is 0.126 e. The van der Waals surface area contributed by atoms with Gasteiger partial charge in [0.25, 0.3) is 0 Å². The van der Waals surface area contributed by atoms with Crippen LogP contribution < -0.4 is 11.1 Å². The van der Waals surface area contributed by atoms with Crippen LogP contribution in [0.1, 0.15) is 42.9 Å². The number of nitrogens with one attached hydrogen (secondary N) is 1. The van der Waals surface area contributed by atoms with Crippen LogP contribution in [-0.2, 0) is 0 Å². The van der Waals surface area contributed by atoms with E-state index in [1.807, 2.05) is 6.07 Å². The zero-order chi connectivity index (χ0) is 14.5. The molecule has 1 saturated carbocycles. The van der Waals surface area contributed by atoms with Crippen LogP contribution >= 0.6 is 0 Å². The largest absolute Gasteiger partial charge is 0.396 e. The molecular weight excluding hydrogens is 255 g/mol. The number of benzene rings is 1. The van der Waals surface area contributed by atoms with Gasteiger partial charge in [-0.1, -0.05) is 25.0 Å². The molecule has 0 aliphatic heterocycles. The van der Waals surface area contributed by atoms with E-state index in [2.05, 4.69) is 5.32 Å². The van der Waals surface area contributed by atoms with Gasteiger partial charge in [0.15, 0.2) is 0 Å². The van der Waals surface area contributed by atoms with E-state index in [0.717, 1.165) is 18.4 Å². The molecule has 0 heterocycles. The summed E-state index contributed by atoms with van der Waals surface area (Å²) in [4.78, 5) is 0. The van der Waals surface area contributed by atoms with Crippen molar-refractivity contribution < 1.29 is 9.50 Å². The van der Waals surface area contributed by atoms with E-state index < -0.39 is 0 Å². The van der Waals surface area contributed by atoms with E-state index in [1.54, 1.807) is 19.1 Å². The monoisotopic (exact) mass is 280 g/mol. The summed E-state index contributed by atoms with van der Waals surface area (Å²) in [5.74, 6) is 0.0956. The zero-order valence-corrected chi connectivity index (χ0v) is 12.1. The maximum atomic E-state index is 13.7. The lowest BCUT2D eigenvalue weighted by molar-refractivity contribution is 0.146. The second-order valence-electron chi connectivity index (χ2n) is 5.80. The third-order valence-corrected chi connectivity index (χ3v) is 4.39. The smallest absolute Gasteiger partial charge is 0.126 e. The maximum absolute atomic E-state index is 13.7. The van der Waals surface area contributed by atoms with Crippen LogP contribution in [0, 0.1) is 18.7 Å². The summed E-state index contributed by atoms with van der Waals surface area (Å²) >= 11 is 0. The standard InChI is InChI=1S/C16H25FN2O/c1-11-6-7-12(8-14(11)17)16(9-18)19-15-5-3-2-4-13(15)10-20/h6-8,13,15-16,19-20H,2-5,9-10,18H2,1H3. The minimum Gasteiger partial charge on any atom is -0.396 e. The molecule has 4 N–H and O–H groups in total. The summed E-state index contributed by atoms with van der Waals surface area (Å²) in [6.07, 6.45) is 4.45. The van der Waals surface area contributed by atoms with E-state index in [-0.39, 0.29) is 30.4 Å². The highest BCUT2D eigenvalue weighted by atomic mass is 19.1. The molecule has 0 saturated heterocycles. The Hall–Kier alpha value is -0.970. The number of aryl methyl sites for hydroxylation is 1. The first-order valence-corrected chi connectivity index (χ1v) is 7.48. The third-order valence-electron chi connectivity index (χ3n) is 4.39. The fourth-order valence-electron chi connectivity index (χ4n) is 3.03. The number of nitrogens with two attached hydrogens (primary N) is 1. The van der Waals surface area contributed by atoms with Gasteiger partial charge in [0.05, 0.1) is 0 Å². The Balaban J connectivity index is 2.09. The van der Waals surface area contributed by atoms with Crippen LogP contribution in [-0.4, -0.2) is 24.3 Å². The molecule has 112 valence electrons. The summed E-state index contributed by atoms with van der Waals surface area (Å²) < 4.78 is 13.7. The molecule has 0 radical (unpaired) electrons. The number of aliphatic hydroxyl groups excluding tert-OH is 1. The van der Waals surface area contributed by atoms with E-state index in [1.165, 1.54) is 12.8 Å². The lowest BCUT2D eigenvalue weighted by Gasteiger charge is -2.34. The predicted molar refractivity (Wildman–Crippen MR) is 78.9 cm³/mol. The molecule has 0 amide bonds. The summed E-state index contributed by atoms with van der Waals surface area (Å²) in [6, 6.07) is 5.50. The number of aliphatic hydroxyl groups is 1. The highest BCUT2D eigenvalue weighted by Gasteiger charge is 2.26. The second-order valence-corrected chi connectivity index (χ2v) is 5.80. The van der Waals surface area contributed by atoms with Gasteiger partial charge in [0, 0.05) is 25.2 Å². The van der Waals surface area contributed by atoms with Crippen molar-refractivity contribution in [2.75, 3.05) is 13.2 Å². The topological polar surface area (TPSA) is 58.3 Å². The summed E-state index contributed by atoms with van der Waals surface area (Å²) in [6.45, 7) is 2.39. The van der Waals surface area contributed by atoms with Crippen LogP contribution in [0.25, 0.3) is 0 Å². The summed E-state index contributed by atoms with van der Waals surface area (Å²) in [7, 11) is 0. The van der Waals surface area contributed by atoms with Crippen LogP contribution in [0.2, 0.25) is 0 Å². The third kappa shape index (κ3) is 3.57. The number of rotatable bonds is 5. The van der Waals surface area contributed by atoms with Crippen LogP contribution in [0.4, 0.5) is 4.39 Å². The number of halogens is 1. The number of hydrogen-bond acceptors (Lipinski definition) is 3. The van der Waals surface area contributed by atoms with Gasteiger partial charge in [-0.05, 0) is 42.9 Å². The Bertz CT molecular complexity index is 438. The van der Waals surface area contributed by atoms with Gasteiger partial charge >= 0.3 is 0 Å². The van der Waals surface area contributed by atoms with Gasteiger partial charge in [0.1, 0.15) is 5.82 Å². The fraction of sp³-hybridized carbons (Fsp3) is 0.625. The quantitative estimate of drug-likeness (QED) is 0.775. The molecule has 3 atom stereocenters. The highest BCUT2D eigenvalue weighted by Crippen LogP contribution is 2.26. The first kappa shape index (κ1) is 15.4. The van der Waals surface area contributed by atoms with Crippen molar-refractivity contribution >= 4 is 0 Å². The van der Waals surface area contributed by atoms with Gasteiger partial charge in [-0.2, -0.15) is 0 Å². The van der Waals surface area contributed by atoms with E-state index >= 15 is 0 Å². The van der Waals surface area contributed by atoms with E-state index in [0.29, 0.717) is 12.1 Å². The van der Waals surface area contributed by atoms with E-state index in [9.17, 15) is 9.50 Å². The molecule has 4 heteroatoms. The molecule has 1 fully saturated rings. The molecular formula is C16H25FN2O. The van der Waals surface area contributed by atoms with Crippen LogP contribution in [0.15, 0.2) is 18.2 Å². The molecule has 1 aliphatic carbocycles. The minimum atomic E-state index is -0.190. The van der Waals surface area contributed by atoms with Gasteiger partial charge in [-0.3, -0.25) is 0 Å². The molecule has 3 unspecified atom stereocenters. The molecule has 0 aromatic heterocycles. The Labute approximate surface area is 120 Å². The van der Waals surface area contributed by atoms with Gasteiger partial charge < -0.3 is 16.2 Å². The zero-order valence-electron chi connectivity index (χ0n) is 12.1. The van der Waals surface area contributed by atoms with Crippen molar-refractivity contribution in [2.45, 2.75) is 44.7 Å². The predicted octanol–water partition coefficient (Wildman–Crippen LogP) is 2.27. The SMILES string of the molecule is Cc1ccc(C(CN)NC2CCCCC2CO)cc1F. The Kier molecular flexibility index (Phi) is 5.52. The fourth-order valence-corrected chi connectivity index (χ4v) is 3.03. The van der Waals surface area contributed by atoms with Crippen molar-refractivity contribution in [1.29, 1.82) is 0 Å². The molecule has 0 spiro atoms. The Morgan fingerprint density at radius 2 is 2.15 bits per heavy atom. The summed E-state index contributed by atoms with van der Waals surface area (Å²) in [5, 5.41) is 13.0. The van der Waals surface area contributed by atoms with Crippen molar-refractivity contribution in [2.24, 2.45) is 11.7 Å². The molecule has 1 aromatic rings. The first-order chi connectivity index (χ1) is 9.65. The number of hydrogen-bond donors (Lipinski definition) is 3. The van der Waals surface area contributed by atoms with Crippen molar-refractivity contribution in [3.63, 3.8) is 0 Å². The Morgan fingerprint density at radius 3 is 2.80 bits per heavy atom. The van der Waals surface area contributed by atoms with Crippen LogP contribution in [0.5, 0.6) is 0 Å². The summed E-state index contributed by atoms with van der Waals surface area (Å²) in [5.41, 5.74) is 7.38. The van der Waals surface area contributed by atoms with Crippen molar-refractivity contribution in [3.8, 4) is 0 Å². The van der Waals surface area contributed by atoms with Gasteiger partial charge in [-0.25, -0.2) is 4.39 Å². The lowest BCUT2D eigenvalue weighted by Crippen LogP contribution is -2.44. The van der Waals surface area contributed by atoms with Crippen molar-refractivity contribution in [3.05, 3.63) is 35.1 Å². The molecule has 1 aliphatic rings. The van der Waals surface area contributed by atoms with E-state index in [4.69, 9.17) is 5.73 Å².